The van der Waals surface area contributed by atoms with E-state index in [-0.39, 0.29) is 11.9 Å². The van der Waals surface area contributed by atoms with Crippen molar-refractivity contribution in [2.45, 2.75) is 19.4 Å². The Hall–Kier alpha value is -1.26. The van der Waals surface area contributed by atoms with Crippen LogP contribution in [-0.2, 0) is 11.2 Å². The first kappa shape index (κ1) is 14.2. The summed E-state index contributed by atoms with van der Waals surface area (Å²) in [5.41, 5.74) is 0.839. The molecule has 1 aliphatic rings. The number of carbonyl (C=O) groups excluding carboxylic acids is 1. The Bertz CT molecular complexity index is 465. The second kappa shape index (κ2) is 6.26. The number of methoxy groups -OCH3 is 1. The number of benzene rings is 1. The Morgan fingerprint density at radius 3 is 3.05 bits per heavy atom. The number of carbonyl (C=O) groups is 1. The van der Waals surface area contributed by atoms with Crippen molar-refractivity contribution < 1.29 is 9.53 Å². The Kier molecular flexibility index (Phi) is 4.66. The molecule has 0 radical (unpaired) electrons. The van der Waals surface area contributed by atoms with Crippen LogP contribution in [0.15, 0.2) is 18.2 Å². The van der Waals surface area contributed by atoms with Crippen LogP contribution in [0.3, 0.4) is 0 Å². The minimum absolute atomic E-state index is 0.120. The standard InChI is InChI=1S/C14H19ClN2O2/c1-10-9-16-5-6-17(10)14(18)8-11-7-12(15)3-4-13(11)19-2/h3-4,7,10,16H,5-6,8-9H2,1-2H3/t10-/m0/s1. The van der Waals surface area contributed by atoms with Gasteiger partial charge in [-0.25, -0.2) is 0 Å². The van der Waals surface area contributed by atoms with Crippen molar-refractivity contribution in [3.8, 4) is 5.75 Å². The van der Waals surface area contributed by atoms with E-state index in [0.29, 0.717) is 17.2 Å². The van der Waals surface area contributed by atoms with Gasteiger partial charge < -0.3 is 15.0 Å². The maximum atomic E-state index is 12.4. The third-order valence-corrected chi connectivity index (χ3v) is 3.64. The molecule has 104 valence electrons. The lowest BCUT2D eigenvalue weighted by molar-refractivity contribution is -0.133. The molecule has 1 atom stereocenters. The summed E-state index contributed by atoms with van der Waals surface area (Å²) >= 11 is 5.98. The van der Waals surface area contributed by atoms with Crippen molar-refractivity contribution in [3.63, 3.8) is 0 Å². The van der Waals surface area contributed by atoms with Gasteiger partial charge in [0.1, 0.15) is 5.75 Å². The molecule has 0 unspecified atom stereocenters. The molecule has 1 amide bonds. The molecule has 4 nitrogen and oxygen atoms in total. The molecule has 1 heterocycles. The fraction of sp³-hybridized carbons (Fsp3) is 0.500. The number of rotatable bonds is 3. The number of ether oxygens (including phenoxy) is 1. The minimum atomic E-state index is 0.120. The van der Waals surface area contributed by atoms with Gasteiger partial charge in [0.15, 0.2) is 0 Å². The lowest BCUT2D eigenvalue weighted by Crippen LogP contribution is -2.52. The van der Waals surface area contributed by atoms with Crippen LogP contribution in [0, 0.1) is 0 Å². The summed E-state index contributed by atoms with van der Waals surface area (Å²) in [5, 5.41) is 3.90. The zero-order chi connectivity index (χ0) is 13.8. The number of nitrogens with one attached hydrogen (secondary N) is 1. The van der Waals surface area contributed by atoms with Crippen LogP contribution < -0.4 is 10.1 Å². The van der Waals surface area contributed by atoms with Crippen LogP contribution >= 0.6 is 11.6 Å². The number of nitrogens with zero attached hydrogens (tertiary/aromatic N) is 1. The van der Waals surface area contributed by atoms with Crippen LogP contribution in [0.5, 0.6) is 5.75 Å². The van der Waals surface area contributed by atoms with Crippen molar-refractivity contribution in [2.75, 3.05) is 26.7 Å². The number of halogens is 1. The van der Waals surface area contributed by atoms with E-state index in [1.165, 1.54) is 0 Å². The highest BCUT2D eigenvalue weighted by atomic mass is 35.5. The molecule has 5 heteroatoms. The first-order valence-corrected chi connectivity index (χ1v) is 6.82. The van der Waals surface area contributed by atoms with E-state index in [1.807, 2.05) is 4.90 Å². The summed E-state index contributed by atoms with van der Waals surface area (Å²) in [6.07, 6.45) is 0.327. The smallest absolute Gasteiger partial charge is 0.227 e. The molecule has 0 spiro atoms. The van der Waals surface area contributed by atoms with Crippen LogP contribution in [-0.4, -0.2) is 43.6 Å². The van der Waals surface area contributed by atoms with Gasteiger partial charge in [0.25, 0.3) is 0 Å². The largest absolute Gasteiger partial charge is 0.496 e. The lowest BCUT2D eigenvalue weighted by atomic mass is 10.1. The van der Waals surface area contributed by atoms with E-state index in [9.17, 15) is 4.79 Å². The summed E-state index contributed by atoms with van der Waals surface area (Å²) < 4.78 is 5.27. The molecule has 2 rings (SSSR count). The highest BCUT2D eigenvalue weighted by Crippen LogP contribution is 2.23. The maximum Gasteiger partial charge on any atom is 0.227 e. The van der Waals surface area contributed by atoms with E-state index in [2.05, 4.69) is 12.2 Å². The van der Waals surface area contributed by atoms with Gasteiger partial charge in [-0.3, -0.25) is 4.79 Å². The molecule has 1 saturated heterocycles. The van der Waals surface area contributed by atoms with E-state index < -0.39 is 0 Å². The van der Waals surface area contributed by atoms with E-state index in [0.717, 1.165) is 25.2 Å². The van der Waals surface area contributed by atoms with Gasteiger partial charge in [-0.05, 0) is 25.1 Å². The number of hydrogen-bond acceptors (Lipinski definition) is 3. The van der Waals surface area contributed by atoms with Crippen molar-refractivity contribution in [2.24, 2.45) is 0 Å². The summed E-state index contributed by atoms with van der Waals surface area (Å²) in [5.74, 6) is 0.829. The van der Waals surface area contributed by atoms with Crippen molar-refractivity contribution in [1.82, 2.24) is 10.2 Å². The first-order valence-electron chi connectivity index (χ1n) is 6.44. The SMILES string of the molecule is COc1ccc(Cl)cc1CC(=O)N1CCNC[C@@H]1C. The number of amides is 1. The normalized spacial score (nSPS) is 19.3. The molecule has 0 aliphatic carbocycles. The van der Waals surface area contributed by atoms with Gasteiger partial charge in [0.2, 0.25) is 5.91 Å². The molecular weight excluding hydrogens is 264 g/mol. The Morgan fingerprint density at radius 1 is 1.58 bits per heavy atom. The highest BCUT2D eigenvalue weighted by Gasteiger charge is 2.23. The van der Waals surface area contributed by atoms with Gasteiger partial charge in [-0.1, -0.05) is 11.6 Å². The average Bonchev–Trinajstić information content (AvgIpc) is 2.39. The quantitative estimate of drug-likeness (QED) is 0.918. The first-order chi connectivity index (χ1) is 9.11. The molecule has 19 heavy (non-hydrogen) atoms. The van der Waals surface area contributed by atoms with Crippen LogP contribution in [0.25, 0.3) is 0 Å². The van der Waals surface area contributed by atoms with Gasteiger partial charge in [-0.15, -0.1) is 0 Å². The van der Waals surface area contributed by atoms with Gasteiger partial charge in [0, 0.05) is 36.3 Å². The summed E-state index contributed by atoms with van der Waals surface area (Å²) in [7, 11) is 1.60. The van der Waals surface area contributed by atoms with E-state index >= 15 is 0 Å². The molecule has 1 aromatic rings. The van der Waals surface area contributed by atoms with Gasteiger partial charge in [-0.2, -0.15) is 0 Å². The molecule has 0 aromatic heterocycles. The fourth-order valence-electron chi connectivity index (χ4n) is 2.36. The second-order valence-corrected chi connectivity index (χ2v) is 5.21. The summed E-state index contributed by atoms with van der Waals surface area (Å²) in [6, 6.07) is 5.59. The Labute approximate surface area is 118 Å². The minimum Gasteiger partial charge on any atom is -0.496 e. The zero-order valence-corrected chi connectivity index (χ0v) is 12.0. The summed E-state index contributed by atoms with van der Waals surface area (Å²) in [4.78, 5) is 14.3. The predicted molar refractivity (Wildman–Crippen MR) is 75.8 cm³/mol. The maximum absolute atomic E-state index is 12.4. The van der Waals surface area contributed by atoms with Gasteiger partial charge in [0.05, 0.1) is 13.5 Å². The number of piperazine rings is 1. The van der Waals surface area contributed by atoms with Crippen LogP contribution in [0.4, 0.5) is 0 Å². The van der Waals surface area contributed by atoms with Gasteiger partial charge >= 0.3 is 0 Å². The van der Waals surface area contributed by atoms with E-state index in [4.69, 9.17) is 16.3 Å². The van der Waals surface area contributed by atoms with Crippen LogP contribution in [0.1, 0.15) is 12.5 Å². The number of hydrogen-bond donors (Lipinski definition) is 1. The molecule has 0 saturated carbocycles. The summed E-state index contributed by atoms with van der Waals surface area (Å²) in [6.45, 7) is 4.50. The average molecular weight is 283 g/mol. The Morgan fingerprint density at radius 2 is 2.37 bits per heavy atom. The van der Waals surface area contributed by atoms with Crippen LogP contribution in [0.2, 0.25) is 5.02 Å². The lowest BCUT2D eigenvalue weighted by Gasteiger charge is -2.34. The zero-order valence-electron chi connectivity index (χ0n) is 11.3. The molecule has 1 aromatic carbocycles. The molecule has 1 fully saturated rings. The van der Waals surface area contributed by atoms with Crippen molar-refractivity contribution in [3.05, 3.63) is 28.8 Å². The molecule has 0 bridgehead atoms. The predicted octanol–water partition coefficient (Wildman–Crippen LogP) is 1.71. The fourth-order valence-corrected chi connectivity index (χ4v) is 2.56. The third-order valence-electron chi connectivity index (χ3n) is 3.41. The highest BCUT2D eigenvalue weighted by molar-refractivity contribution is 6.30. The second-order valence-electron chi connectivity index (χ2n) is 4.77. The molecule has 1 N–H and O–H groups in total. The van der Waals surface area contributed by atoms with E-state index in [1.54, 1.807) is 25.3 Å². The topological polar surface area (TPSA) is 41.6 Å². The third kappa shape index (κ3) is 3.39. The van der Waals surface area contributed by atoms with Crippen molar-refractivity contribution in [1.29, 1.82) is 0 Å². The van der Waals surface area contributed by atoms with Crippen molar-refractivity contribution >= 4 is 17.5 Å². The monoisotopic (exact) mass is 282 g/mol. The Balaban J connectivity index is 2.11. The molecular formula is C14H19ClN2O2. The molecule has 1 aliphatic heterocycles.